The molecular weight excluding hydrogens is 208 g/mol. The quantitative estimate of drug-likeness (QED) is 0.580. The van der Waals surface area contributed by atoms with E-state index in [1.165, 1.54) is 4.90 Å². The molecule has 0 spiro atoms. The van der Waals surface area contributed by atoms with Crippen LogP contribution in [-0.4, -0.2) is 31.2 Å². The van der Waals surface area contributed by atoms with E-state index >= 15 is 0 Å². The second kappa shape index (κ2) is 5.05. The van der Waals surface area contributed by atoms with Crippen LogP contribution < -0.4 is 4.90 Å². The summed E-state index contributed by atoms with van der Waals surface area (Å²) in [6.45, 7) is 4.05. The van der Waals surface area contributed by atoms with E-state index in [0.29, 0.717) is 6.54 Å². The Hall–Kier alpha value is -1.46. The SMILES string of the molecule is O=[N+]([O-])c1ccccc1C[NH+]1CCOCC1. The minimum atomic E-state index is -0.310. The molecule has 0 aromatic heterocycles. The van der Waals surface area contributed by atoms with Crippen molar-refractivity contribution in [3.05, 3.63) is 39.9 Å². The van der Waals surface area contributed by atoms with Crippen molar-refractivity contribution in [2.45, 2.75) is 6.54 Å². The molecule has 5 heteroatoms. The molecule has 1 aromatic carbocycles. The highest BCUT2D eigenvalue weighted by Crippen LogP contribution is 2.16. The monoisotopic (exact) mass is 223 g/mol. The average Bonchev–Trinajstić information content (AvgIpc) is 2.31. The van der Waals surface area contributed by atoms with Crippen LogP contribution in [0, 0.1) is 10.1 Å². The van der Waals surface area contributed by atoms with Gasteiger partial charge in [-0.15, -0.1) is 0 Å². The lowest BCUT2D eigenvalue weighted by Gasteiger charge is -2.23. The van der Waals surface area contributed by atoms with Crippen molar-refractivity contribution in [2.75, 3.05) is 26.3 Å². The Balaban J connectivity index is 2.10. The zero-order valence-corrected chi connectivity index (χ0v) is 9.02. The molecule has 0 radical (unpaired) electrons. The van der Waals surface area contributed by atoms with Gasteiger partial charge in [0.05, 0.1) is 23.7 Å². The number of nitrogens with one attached hydrogen (secondary N) is 1. The van der Waals surface area contributed by atoms with Crippen LogP contribution in [0.2, 0.25) is 0 Å². The molecule has 0 amide bonds. The van der Waals surface area contributed by atoms with E-state index in [9.17, 15) is 10.1 Å². The van der Waals surface area contributed by atoms with E-state index in [1.807, 2.05) is 12.1 Å². The highest BCUT2D eigenvalue weighted by Gasteiger charge is 2.19. The normalized spacial score (nSPS) is 17.2. The zero-order valence-electron chi connectivity index (χ0n) is 9.02. The van der Waals surface area contributed by atoms with Crippen molar-refractivity contribution in [1.82, 2.24) is 0 Å². The van der Waals surface area contributed by atoms with Gasteiger partial charge in [-0.2, -0.15) is 0 Å². The lowest BCUT2D eigenvalue weighted by atomic mass is 10.1. The highest BCUT2D eigenvalue weighted by molar-refractivity contribution is 5.38. The molecule has 1 heterocycles. The fourth-order valence-electron chi connectivity index (χ4n) is 1.94. The molecule has 5 nitrogen and oxygen atoms in total. The first-order chi connectivity index (χ1) is 7.77. The highest BCUT2D eigenvalue weighted by atomic mass is 16.6. The van der Waals surface area contributed by atoms with Gasteiger partial charge in [-0.3, -0.25) is 10.1 Å². The molecule has 0 aliphatic carbocycles. The Morgan fingerprint density at radius 1 is 1.31 bits per heavy atom. The van der Waals surface area contributed by atoms with Crippen LogP contribution in [0.3, 0.4) is 0 Å². The van der Waals surface area contributed by atoms with Crippen LogP contribution in [0.1, 0.15) is 5.56 Å². The third kappa shape index (κ3) is 2.56. The summed E-state index contributed by atoms with van der Waals surface area (Å²) in [5.74, 6) is 0. The topological polar surface area (TPSA) is 56.8 Å². The summed E-state index contributed by atoms with van der Waals surface area (Å²) in [7, 11) is 0. The van der Waals surface area contributed by atoms with Gasteiger partial charge in [0.1, 0.15) is 19.6 Å². The second-order valence-electron chi connectivity index (χ2n) is 3.92. The van der Waals surface area contributed by atoms with Crippen LogP contribution in [0.4, 0.5) is 5.69 Å². The molecule has 86 valence electrons. The van der Waals surface area contributed by atoms with Gasteiger partial charge < -0.3 is 9.64 Å². The fourth-order valence-corrected chi connectivity index (χ4v) is 1.94. The van der Waals surface area contributed by atoms with Gasteiger partial charge in [-0.05, 0) is 6.07 Å². The Morgan fingerprint density at radius 2 is 2.00 bits per heavy atom. The molecule has 1 saturated heterocycles. The number of quaternary nitrogens is 1. The number of nitro benzene ring substituents is 1. The standard InChI is InChI=1S/C11H14N2O3/c14-13(15)11-4-2-1-3-10(11)9-12-5-7-16-8-6-12/h1-4H,5-9H2/p+1. The number of rotatable bonds is 3. The maximum Gasteiger partial charge on any atom is 0.278 e. The van der Waals surface area contributed by atoms with Gasteiger partial charge in [-0.1, -0.05) is 12.1 Å². The van der Waals surface area contributed by atoms with Gasteiger partial charge >= 0.3 is 0 Å². The summed E-state index contributed by atoms with van der Waals surface area (Å²) in [6, 6.07) is 6.95. The molecule has 1 N–H and O–H groups in total. The van der Waals surface area contributed by atoms with Gasteiger partial charge in [0.15, 0.2) is 0 Å². The Kier molecular flexibility index (Phi) is 3.48. The maximum atomic E-state index is 10.8. The summed E-state index contributed by atoms with van der Waals surface area (Å²) in [4.78, 5) is 11.9. The fraction of sp³-hybridized carbons (Fsp3) is 0.455. The lowest BCUT2D eigenvalue weighted by Crippen LogP contribution is -3.12. The number of para-hydroxylation sites is 1. The van der Waals surface area contributed by atoms with Crippen LogP contribution >= 0.6 is 0 Å². The van der Waals surface area contributed by atoms with E-state index < -0.39 is 0 Å². The second-order valence-corrected chi connectivity index (χ2v) is 3.92. The van der Waals surface area contributed by atoms with Crippen LogP contribution in [0.15, 0.2) is 24.3 Å². The molecule has 1 aromatic rings. The summed E-state index contributed by atoms with van der Waals surface area (Å²) >= 11 is 0. The van der Waals surface area contributed by atoms with E-state index in [4.69, 9.17) is 4.74 Å². The third-order valence-corrected chi connectivity index (χ3v) is 2.83. The molecule has 1 aliphatic heterocycles. The maximum absolute atomic E-state index is 10.8. The molecular formula is C11H15N2O3+. The first-order valence-corrected chi connectivity index (χ1v) is 5.41. The first-order valence-electron chi connectivity index (χ1n) is 5.41. The lowest BCUT2D eigenvalue weighted by molar-refractivity contribution is -0.921. The van der Waals surface area contributed by atoms with Crippen LogP contribution in [0.5, 0.6) is 0 Å². The summed E-state index contributed by atoms with van der Waals surface area (Å²) < 4.78 is 5.26. The number of nitrogens with zero attached hydrogens (tertiary/aromatic N) is 1. The largest absolute Gasteiger partial charge is 0.370 e. The van der Waals surface area contributed by atoms with E-state index in [2.05, 4.69) is 0 Å². The molecule has 0 bridgehead atoms. The third-order valence-electron chi connectivity index (χ3n) is 2.83. The van der Waals surface area contributed by atoms with Crippen molar-refractivity contribution in [3.63, 3.8) is 0 Å². The van der Waals surface area contributed by atoms with Crippen LogP contribution in [0.25, 0.3) is 0 Å². The van der Waals surface area contributed by atoms with Gasteiger partial charge in [0, 0.05) is 6.07 Å². The molecule has 1 aliphatic rings. The number of hydrogen-bond donors (Lipinski definition) is 1. The predicted octanol–water partition coefficient (Wildman–Crippen LogP) is 0.00990. The van der Waals surface area contributed by atoms with Gasteiger partial charge in [0.25, 0.3) is 5.69 Å². The Bertz CT molecular complexity index is 375. The van der Waals surface area contributed by atoms with Gasteiger partial charge in [-0.25, -0.2) is 0 Å². The number of nitro groups is 1. The first kappa shape index (κ1) is 11.0. The summed E-state index contributed by atoms with van der Waals surface area (Å²) in [5.41, 5.74) is 1.03. The van der Waals surface area contributed by atoms with Crippen LogP contribution in [-0.2, 0) is 11.3 Å². The molecule has 0 saturated carbocycles. The molecule has 1 fully saturated rings. The summed E-state index contributed by atoms with van der Waals surface area (Å²) in [6.07, 6.45) is 0. The van der Waals surface area contributed by atoms with Crippen molar-refractivity contribution < 1.29 is 14.6 Å². The minimum Gasteiger partial charge on any atom is -0.370 e. The summed E-state index contributed by atoms with van der Waals surface area (Å²) in [5, 5.41) is 10.8. The molecule has 2 rings (SSSR count). The Morgan fingerprint density at radius 3 is 2.69 bits per heavy atom. The van der Waals surface area contributed by atoms with E-state index in [-0.39, 0.29) is 10.6 Å². The molecule has 0 unspecified atom stereocenters. The van der Waals surface area contributed by atoms with Crippen molar-refractivity contribution in [1.29, 1.82) is 0 Å². The molecule has 0 atom stereocenters. The van der Waals surface area contributed by atoms with Crippen molar-refractivity contribution >= 4 is 5.69 Å². The van der Waals surface area contributed by atoms with Gasteiger partial charge in [0.2, 0.25) is 0 Å². The van der Waals surface area contributed by atoms with E-state index in [1.54, 1.807) is 12.1 Å². The number of ether oxygens (including phenoxy) is 1. The smallest absolute Gasteiger partial charge is 0.278 e. The minimum absolute atomic E-state index is 0.224. The average molecular weight is 223 g/mol. The molecule has 16 heavy (non-hydrogen) atoms. The number of benzene rings is 1. The zero-order chi connectivity index (χ0) is 11.4. The predicted molar refractivity (Wildman–Crippen MR) is 58.3 cm³/mol. The van der Waals surface area contributed by atoms with Crippen molar-refractivity contribution in [2.24, 2.45) is 0 Å². The number of morpholine rings is 1. The van der Waals surface area contributed by atoms with Crippen molar-refractivity contribution in [3.8, 4) is 0 Å². The van der Waals surface area contributed by atoms with E-state index in [0.717, 1.165) is 31.9 Å². The number of hydrogen-bond acceptors (Lipinski definition) is 3. The Labute approximate surface area is 93.8 Å².